The Morgan fingerprint density at radius 2 is 0.578 bits per heavy atom. The highest BCUT2D eigenvalue weighted by Gasteiger charge is 2.17. The molecule has 0 bridgehead atoms. The largest absolute Gasteiger partial charge is 0.469 e. The van der Waals surface area contributed by atoms with Crippen molar-refractivity contribution in [3.63, 3.8) is 0 Å². The van der Waals surface area contributed by atoms with E-state index in [-0.39, 0.29) is 45.3 Å². The Balaban J connectivity index is -0.000000241. The Labute approximate surface area is 379 Å². The van der Waals surface area contributed by atoms with Crippen molar-refractivity contribution in [2.45, 2.75) is 145 Å². The van der Waals surface area contributed by atoms with Crippen LogP contribution in [0, 0.1) is 11.8 Å². The molecule has 374 valence electrons. The zero-order valence-electron chi connectivity index (χ0n) is 40.5. The Kier molecular flexibility index (Phi) is 53.3. The minimum absolute atomic E-state index is 0.269. The highest BCUT2D eigenvalue weighted by atomic mass is 16.6. The van der Waals surface area contributed by atoms with Gasteiger partial charge in [-0.2, -0.15) is 0 Å². The maximum atomic E-state index is 11.7. The van der Waals surface area contributed by atoms with Crippen LogP contribution in [0.15, 0.2) is 0 Å². The summed E-state index contributed by atoms with van der Waals surface area (Å²) in [5.74, 6) is -4.61. The van der Waals surface area contributed by atoms with Crippen molar-refractivity contribution in [1.29, 1.82) is 0 Å². The highest BCUT2D eigenvalue weighted by molar-refractivity contribution is 5.93. The first-order chi connectivity index (χ1) is 30.4. The number of carbonyl (C=O) groups is 10. The van der Waals surface area contributed by atoms with Crippen LogP contribution >= 0.6 is 0 Å². The summed E-state index contributed by atoms with van der Waals surface area (Å²) < 4.78 is 45.2. The lowest BCUT2D eigenvalue weighted by Crippen LogP contribution is -2.20. The Morgan fingerprint density at radius 3 is 0.828 bits per heavy atom. The third-order valence-electron chi connectivity index (χ3n) is 8.00. The van der Waals surface area contributed by atoms with E-state index in [1.807, 2.05) is 6.92 Å². The summed E-state index contributed by atoms with van der Waals surface area (Å²) in [5, 5.41) is 0. The van der Waals surface area contributed by atoms with Gasteiger partial charge in [0.25, 0.3) is 0 Å². The molecule has 2 unspecified atom stereocenters. The van der Waals surface area contributed by atoms with Gasteiger partial charge in [0.15, 0.2) is 0 Å². The Morgan fingerprint density at radius 1 is 0.328 bits per heavy atom. The molecule has 0 spiro atoms. The minimum atomic E-state index is -0.582. The van der Waals surface area contributed by atoms with Crippen LogP contribution in [0.4, 0.5) is 0 Å². The quantitative estimate of drug-likeness (QED) is 0.0412. The van der Waals surface area contributed by atoms with Gasteiger partial charge in [0.05, 0.1) is 68.6 Å². The van der Waals surface area contributed by atoms with Crippen LogP contribution in [0.2, 0.25) is 0 Å². The number of esters is 10. The average Bonchev–Trinajstić information content (AvgIpc) is 3.27. The zero-order valence-corrected chi connectivity index (χ0v) is 40.5. The van der Waals surface area contributed by atoms with Gasteiger partial charge in [-0.25, -0.2) is 0 Å². The Hall–Kier alpha value is -5.30. The van der Waals surface area contributed by atoms with Gasteiger partial charge in [-0.1, -0.05) is 79.6 Å². The monoisotopic (exact) mass is 927 g/mol. The number of carbonyl (C=O) groups excluding carboxylic acids is 10. The van der Waals surface area contributed by atoms with Crippen LogP contribution in [0.5, 0.6) is 0 Å². The van der Waals surface area contributed by atoms with Crippen LogP contribution in [0.1, 0.15) is 145 Å². The number of methoxy groups -OCH3 is 5. The molecule has 0 aliphatic carbocycles. The summed E-state index contributed by atoms with van der Waals surface area (Å²) in [4.78, 5) is 107. The summed E-state index contributed by atoms with van der Waals surface area (Å²) in [6.45, 7) is 15.7. The van der Waals surface area contributed by atoms with Crippen LogP contribution in [0.3, 0.4) is 0 Å². The van der Waals surface area contributed by atoms with Crippen LogP contribution in [-0.4, -0.2) is 128 Å². The van der Waals surface area contributed by atoms with Crippen LogP contribution in [-0.2, 0) is 95.3 Å². The van der Waals surface area contributed by atoms with Gasteiger partial charge in [-0.05, 0) is 44.9 Å². The molecule has 2 atom stereocenters. The van der Waals surface area contributed by atoms with Crippen molar-refractivity contribution in [3.8, 4) is 0 Å². The zero-order chi connectivity index (χ0) is 50.1. The fourth-order valence-corrected chi connectivity index (χ4v) is 4.08. The first-order valence-corrected chi connectivity index (χ1v) is 21.5. The molecular weight excluding hydrogens is 848 g/mol. The van der Waals surface area contributed by atoms with Crippen molar-refractivity contribution in [3.05, 3.63) is 0 Å². The molecule has 0 fully saturated rings. The van der Waals surface area contributed by atoms with Gasteiger partial charge >= 0.3 is 59.7 Å². The molecule has 0 radical (unpaired) electrons. The Bertz CT molecular complexity index is 1180. The van der Waals surface area contributed by atoms with E-state index in [0.717, 1.165) is 64.2 Å². The SMILES string of the molecule is CCCCC(CC)COC(=O)CC(=O)OCC(CC)CCCC.CCCCOC(=O)CC(=O)OC.CCOC(=O)CC(=O)OCC.COC(=O)CC(=O)OC.COC(=O)CC(=O)OC. The van der Waals surface area contributed by atoms with E-state index in [1.165, 1.54) is 35.5 Å². The fraction of sp³-hybridized carbons (Fsp3) is 0.773. The van der Waals surface area contributed by atoms with E-state index < -0.39 is 59.7 Å². The molecule has 0 amide bonds. The second-order valence-corrected chi connectivity index (χ2v) is 13.1. The summed E-state index contributed by atoms with van der Waals surface area (Å²) in [7, 11) is 6.09. The normalized spacial score (nSPS) is 10.4. The van der Waals surface area contributed by atoms with Gasteiger partial charge in [0.2, 0.25) is 0 Å². The van der Waals surface area contributed by atoms with E-state index in [2.05, 4.69) is 60.9 Å². The van der Waals surface area contributed by atoms with Crippen LogP contribution in [0.25, 0.3) is 0 Å². The summed E-state index contributed by atoms with van der Waals surface area (Å²) >= 11 is 0. The molecule has 20 heteroatoms. The number of hydrogen-bond donors (Lipinski definition) is 0. The highest BCUT2D eigenvalue weighted by Crippen LogP contribution is 2.15. The molecule has 0 rings (SSSR count). The molecule has 0 aliphatic rings. The van der Waals surface area contributed by atoms with Gasteiger partial charge in [0, 0.05) is 0 Å². The number of hydrogen-bond acceptors (Lipinski definition) is 20. The molecule has 0 aromatic rings. The third-order valence-corrected chi connectivity index (χ3v) is 8.00. The number of ether oxygens (including phenoxy) is 10. The van der Waals surface area contributed by atoms with Crippen molar-refractivity contribution in [2.24, 2.45) is 11.8 Å². The summed E-state index contributed by atoms with van der Waals surface area (Å²) in [6, 6.07) is 0. The van der Waals surface area contributed by atoms with Gasteiger partial charge < -0.3 is 47.4 Å². The number of unbranched alkanes of at least 4 members (excludes halogenated alkanes) is 3. The predicted octanol–water partition coefficient (Wildman–Crippen LogP) is 5.74. The molecule has 20 nitrogen and oxygen atoms in total. The first kappa shape index (κ1) is 67.8. The minimum Gasteiger partial charge on any atom is -0.469 e. The van der Waals surface area contributed by atoms with E-state index >= 15 is 0 Å². The van der Waals surface area contributed by atoms with Crippen molar-refractivity contribution < 1.29 is 95.3 Å². The fourth-order valence-electron chi connectivity index (χ4n) is 4.08. The second-order valence-electron chi connectivity index (χ2n) is 13.1. The molecule has 0 saturated carbocycles. The summed E-state index contributed by atoms with van der Waals surface area (Å²) in [5.41, 5.74) is 0. The van der Waals surface area contributed by atoms with Crippen LogP contribution < -0.4 is 0 Å². The standard InChI is InChI=1S/C19H36O4.C8H14O4.C7H12O4.2C5H8O4/c1-5-9-11-16(7-3)14-22-18(20)13-19(21)23-15-17(8-4)12-10-6-2;1-3-4-5-12-8(10)6-7(9)11-2;1-3-10-6(8)5-7(9)11-4-2;2*1-8-4(6)3-5(7)9-2/h16-17H,5-15H2,1-4H3;3-6H2,1-2H3;3-5H2,1-2H3;2*3H2,1-2H3. The molecule has 0 N–H and O–H groups in total. The molecule has 0 saturated heterocycles. The van der Waals surface area contributed by atoms with E-state index in [0.29, 0.717) is 31.7 Å². The van der Waals surface area contributed by atoms with Gasteiger partial charge in [-0.3, -0.25) is 47.9 Å². The van der Waals surface area contributed by atoms with E-state index in [1.54, 1.807) is 13.8 Å². The van der Waals surface area contributed by atoms with E-state index in [9.17, 15) is 47.9 Å². The second kappa shape index (κ2) is 50.3. The van der Waals surface area contributed by atoms with Gasteiger partial charge in [0.1, 0.15) is 32.1 Å². The number of rotatable bonds is 27. The van der Waals surface area contributed by atoms with E-state index in [4.69, 9.17) is 14.2 Å². The summed E-state index contributed by atoms with van der Waals surface area (Å²) in [6.07, 6.45) is 9.03. The lowest BCUT2D eigenvalue weighted by atomic mass is 10.0. The molecule has 0 aromatic carbocycles. The predicted molar refractivity (Wildman–Crippen MR) is 231 cm³/mol. The lowest BCUT2D eigenvalue weighted by molar-refractivity contribution is -0.157. The molecule has 0 heterocycles. The molecular formula is C44H78O20. The topological polar surface area (TPSA) is 263 Å². The average molecular weight is 927 g/mol. The molecule has 64 heavy (non-hydrogen) atoms. The maximum absolute atomic E-state index is 11.7. The van der Waals surface area contributed by atoms with Crippen molar-refractivity contribution in [2.75, 3.05) is 68.6 Å². The third kappa shape index (κ3) is 52.8. The molecule has 0 aromatic heterocycles. The van der Waals surface area contributed by atoms with Crippen molar-refractivity contribution >= 4 is 59.7 Å². The van der Waals surface area contributed by atoms with Crippen molar-refractivity contribution in [1.82, 2.24) is 0 Å². The molecule has 0 aliphatic heterocycles. The lowest BCUT2D eigenvalue weighted by Gasteiger charge is -2.16. The maximum Gasteiger partial charge on any atom is 0.317 e. The van der Waals surface area contributed by atoms with Gasteiger partial charge in [-0.15, -0.1) is 0 Å². The smallest absolute Gasteiger partial charge is 0.317 e. The first-order valence-electron chi connectivity index (χ1n) is 21.5.